The molecule has 0 aromatic heterocycles. The summed E-state index contributed by atoms with van der Waals surface area (Å²) in [5.74, 6) is 0. The molecule has 2 heteroatoms. The van der Waals surface area contributed by atoms with Crippen LogP contribution in [0.3, 0.4) is 0 Å². The molecule has 0 fully saturated rings. The second kappa shape index (κ2) is 6.47. The minimum atomic E-state index is 1.00. The number of hydrazone groups is 1. The molecule has 0 saturated carbocycles. The Bertz CT molecular complexity index is 59.5. The van der Waals surface area contributed by atoms with Gasteiger partial charge in [0.1, 0.15) is 0 Å². The number of hydrogen-bond acceptors (Lipinski definition) is 2. The Morgan fingerprint density at radius 3 is 2.88 bits per heavy atom. The summed E-state index contributed by atoms with van der Waals surface area (Å²) in [5.41, 5.74) is 2.91. The molecule has 8 heavy (non-hydrogen) atoms. The lowest BCUT2D eigenvalue weighted by molar-refractivity contribution is 0.673. The van der Waals surface area contributed by atoms with Crippen molar-refractivity contribution >= 4 is 6.21 Å². The molecule has 0 atom stereocenters. The molecule has 0 heterocycles. The Labute approximate surface area is 51.0 Å². The van der Waals surface area contributed by atoms with Crippen molar-refractivity contribution < 1.29 is 0 Å². The number of nitrogens with zero attached hydrogens (tertiary/aromatic N) is 1. The molecule has 0 aromatic carbocycles. The van der Waals surface area contributed by atoms with E-state index in [1.165, 1.54) is 12.8 Å². The Morgan fingerprint density at radius 2 is 2.38 bits per heavy atom. The highest BCUT2D eigenvalue weighted by atomic mass is 15.3. The monoisotopic (exact) mass is 114 g/mol. The van der Waals surface area contributed by atoms with Gasteiger partial charge in [-0.25, -0.2) is 0 Å². The standard InChI is InChI=1S/C6H14N2/c1-3-5-6-8-7-4-2/h4,8H,3,5-6H2,1-2H3/b7-4-. The van der Waals surface area contributed by atoms with E-state index in [1.807, 2.05) is 6.92 Å². The lowest BCUT2D eigenvalue weighted by atomic mass is 10.3. The van der Waals surface area contributed by atoms with E-state index in [1.54, 1.807) is 6.21 Å². The summed E-state index contributed by atoms with van der Waals surface area (Å²) in [4.78, 5) is 0. The molecular formula is C6H14N2. The van der Waals surface area contributed by atoms with Crippen molar-refractivity contribution in [2.75, 3.05) is 6.54 Å². The van der Waals surface area contributed by atoms with Crippen LogP contribution in [0, 0.1) is 0 Å². The van der Waals surface area contributed by atoms with Crippen molar-refractivity contribution in [3.63, 3.8) is 0 Å². The first kappa shape index (κ1) is 7.47. The topological polar surface area (TPSA) is 24.4 Å². The Morgan fingerprint density at radius 1 is 1.62 bits per heavy atom. The van der Waals surface area contributed by atoms with Gasteiger partial charge in [-0.3, -0.25) is 0 Å². The number of rotatable bonds is 4. The van der Waals surface area contributed by atoms with Gasteiger partial charge in [-0.05, 0) is 13.3 Å². The summed E-state index contributed by atoms with van der Waals surface area (Å²) >= 11 is 0. The van der Waals surface area contributed by atoms with Gasteiger partial charge in [0.2, 0.25) is 0 Å². The zero-order valence-corrected chi connectivity index (χ0v) is 5.65. The van der Waals surface area contributed by atoms with Crippen LogP contribution >= 0.6 is 0 Å². The summed E-state index contributed by atoms with van der Waals surface area (Å²) in [6.07, 6.45) is 4.19. The quantitative estimate of drug-likeness (QED) is 0.333. The van der Waals surface area contributed by atoms with Crippen LogP contribution in [0.1, 0.15) is 26.7 Å². The minimum Gasteiger partial charge on any atom is -0.310 e. The van der Waals surface area contributed by atoms with E-state index in [0.717, 1.165) is 6.54 Å². The van der Waals surface area contributed by atoms with Gasteiger partial charge in [0.15, 0.2) is 0 Å². The summed E-state index contributed by atoms with van der Waals surface area (Å²) in [6, 6.07) is 0. The zero-order chi connectivity index (χ0) is 6.24. The Kier molecular flexibility index (Phi) is 6.04. The molecule has 48 valence electrons. The van der Waals surface area contributed by atoms with Crippen molar-refractivity contribution in [2.45, 2.75) is 26.7 Å². The zero-order valence-electron chi connectivity index (χ0n) is 5.65. The maximum absolute atomic E-state index is 3.83. The molecule has 1 N–H and O–H groups in total. The van der Waals surface area contributed by atoms with Crippen molar-refractivity contribution in [3.8, 4) is 0 Å². The van der Waals surface area contributed by atoms with Gasteiger partial charge in [0.05, 0.1) is 0 Å². The first-order valence-corrected chi connectivity index (χ1v) is 3.12. The van der Waals surface area contributed by atoms with E-state index in [4.69, 9.17) is 0 Å². The second-order valence-electron chi connectivity index (χ2n) is 1.65. The van der Waals surface area contributed by atoms with E-state index >= 15 is 0 Å². The predicted octanol–water partition coefficient (Wildman–Crippen LogP) is 1.38. The summed E-state index contributed by atoms with van der Waals surface area (Å²) < 4.78 is 0. The third-order valence-corrected chi connectivity index (χ3v) is 0.863. The van der Waals surface area contributed by atoms with Gasteiger partial charge >= 0.3 is 0 Å². The van der Waals surface area contributed by atoms with Crippen LogP contribution in [0.2, 0.25) is 0 Å². The average Bonchev–Trinajstić information content (AvgIpc) is 1.81. The van der Waals surface area contributed by atoms with Crippen LogP contribution < -0.4 is 5.43 Å². The van der Waals surface area contributed by atoms with E-state index in [2.05, 4.69) is 17.5 Å². The van der Waals surface area contributed by atoms with Crippen LogP contribution in [0.15, 0.2) is 5.10 Å². The third kappa shape index (κ3) is 5.47. The maximum atomic E-state index is 3.83. The maximum Gasteiger partial charge on any atom is 0.0329 e. The molecule has 0 aliphatic rings. The number of unbranched alkanes of at least 4 members (excludes halogenated alkanes) is 1. The molecule has 0 radical (unpaired) electrons. The summed E-state index contributed by atoms with van der Waals surface area (Å²) in [6.45, 7) is 5.07. The highest BCUT2D eigenvalue weighted by molar-refractivity contribution is 5.52. The lowest BCUT2D eigenvalue weighted by Gasteiger charge is -1.93. The van der Waals surface area contributed by atoms with Crippen LogP contribution in [-0.2, 0) is 0 Å². The smallest absolute Gasteiger partial charge is 0.0329 e. The van der Waals surface area contributed by atoms with Crippen molar-refractivity contribution in [1.29, 1.82) is 0 Å². The highest BCUT2D eigenvalue weighted by Gasteiger charge is 1.76. The van der Waals surface area contributed by atoms with E-state index in [9.17, 15) is 0 Å². The van der Waals surface area contributed by atoms with Crippen LogP contribution in [0.25, 0.3) is 0 Å². The first-order chi connectivity index (χ1) is 3.91. The fourth-order valence-corrected chi connectivity index (χ4v) is 0.412. The Hall–Kier alpha value is -0.530. The van der Waals surface area contributed by atoms with E-state index in [-0.39, 0.29) is 0 Å². The Balaban J connectivity index is 2.72. The SMILES string of the molecule is C/C=N\NCCCC. The largest absolute Gasteiger partial charge is 0.310 e. The molecule has 0 rings (SSSR count). The van der Waals surface area contributed by atoms with Crippen molar-refractivity contribution in [1.82, 2.24) is 5.43 Å². The highest BCUT2D eigenvalue weighted by Crippen LogP contribution is 1.80. The molecule has 0 aliphatic heterocycles. The van der Waals surface area contributed by atoms with Crippen LogP contribution in [0.4, 0.5) is 0 Å². The average molecular weight is 114 g/mol. The van der Waals surface area contributed by atoms with Gasteiger partial charge in [0.25, 0.3) is 0 Å². The number of hydrogen-bond donors (Lipinski definition) is 1. The van der Waals surface area contributed by atoms with Gasteiger partial charge in [-0.15, -0.1) is 0 Å². The van der Waals surface area contributed by atoms with E-state index in [0.29, 0.717) is 0 Å². The molecular weight excluding hydrogens is 100 g/mol. The second-order valence-corrected chi connectivity index (χ2v) is 1.65. The van der Waals surface area contributed by atoms with Crippen LogP contribution in [-0.4, -0.2) is 12.8 Å². The fraction of sp³-hybridized carbons (Fsp3) is 0.833. The predicted molar refractivity (Wildman–Crippen MR) is 37.1 cm³/mol. The molecule has 0 aliphatic carbocycles. The minimum absolute atomic E-state index is 1.00. The molecule has 2 nitrogen and oxygen atoms in total. The van der Waals surface area contributed by atoms with Gasteiger partial charge in [0, 0.05) is 12.8 Å². The molecule has 0 spiro atoms. The van der Waals surface area contributed by atoms with Gasteiger partial charge in [-0.2, -0.15) is 5.10 Å². The summed E-state index contributed by atoms with van der Waals surface area (Å²) in [5, 5.41) is 3.83. The molecule has 0 aromatic rings. The summed E-state index contributed by atoms with van der Waals surface area (Å²) in [7, 11) is 0. The molecule has 0 unspecified atom stereocenters. The fourth-order valence-electron chi connectivity index (χ4n) is 0.412. The first-order valence-electron chi connectivity index (χ1n) is 3.12. The van der Waals surface area contributed by atoms with E-state index < -0.39 is 0 Å². The lowest BCUT2D eigenvalue weighted by Crippen LogP contribution is -2.05. The normalized spacial score (nSPS) is 10.2. The van der Waals surface area contributed by atoms with Crippen LogP contribution in [0.5, 0.6) is 0 Å². The molecule has 0 amide bonds. The third-order valence-electron chi connectivity index (χ3n) is 0.863. The van der Waals surface area contributed by atoms with Crippen molar-refractivity contribution in [2.24, 2.45) is 5.10 Å². The molecule has 0 bridgehead atoms. The van der Waals surface area contributed by atoms with Gasteiger partial charge in [-0.1, -0.05) is 13.3 Å². The van der Waals surface area contributed by atoms with Gasteiger partial charge < -0.3 is 5.43 Å². The van der Waals surface area contributed by atoms with Crippen molar-refractivity contribution in [3.05, 3.63) is 0 Å². The molecule has 0 saturated heterocycles. The number of nitrogens with one attached hydrogen (secondary N) is 1.